The third kappa shape index (κ3) is 5.77. The number of hydroxylamine groups is 4. The number of rotatable bonds is 4. The second-order valence-electron chi connectivity index (χ2n) is 13.3. The number of hydrogen-bond donors (Lipinski definition) is 0. The van der Waals surface area contributed by atoms with Gasteiger partial charge in [-0.3, -0.25) is 9.59 Å². The molecule has 0 amide bonds. The van der Waals surface area contributed by atoms with E-state index >= 15 is 0 Å². The molecule has 0 bridgehead atoms. The number of nitrogens with zero attached hydrogens (tertiary/aromatic N) is 2. The van der Waals surface area contributed by atoms with E-state index < -0.39 is 22.2 Å². The quantitative estimate of drug-likeness (QED) is 0.545. The van der Waals surface area contributed by atoms with Crippen LogP contribution in [-0.2, 0) is 29.5 Å². The van der Waals surface area contributed by atoms with E-state index in [1.807, 2.05) is 55.4 Å². The minimum Gasteiger partial charge on any atom is -0.462 e. The zero-order chi connectivity index (χ0) is 25.7. The van der Waals surface area contributed by atoms with Gasteiger partial charge in [-0.15, -0.1) is 20.5 Å². The predicted octanol–water partition coefficient (Wildman–Crippen LogP) is 4.61. The van der Waals surface area contributed by atoms with Gasteiger partial charge in [0.05, 0.1) is 11.8 Å². The van der Waals surface area contributed by atoms with Crippen LogP contribution in [0.3, 0.4) is 0 Å². The fourth-order valence-corrected chi connectivity index (χ4v) is 6.60. The average molecular weight is 481 g/mol. The Kier molecular flexibility index (Phi) is 7.52. The first-order valence-electron chi connectivity index (χ1n) is 12.8. The van der Waals surface area contributed by atoms with Crippen molar-refractivity contribution in [3.05, 3.63) is 0 Å². The molecule has 1 aliphatic carbocycles. The highest BCUT2D eigenvalue weighted by atomic mass is 16.6. The number of hydrogen-bond acceptors (Lipinski definition) is 6. The highest BCUT2D eigenvalue weighted by Gasteiger charge is 2.49. The Labute approximate surface area is 204 Å². The molecule has 2 aliphatic heterocycles. The minimum atomic E-state index is -0.584. The molecule has 1 saturated carbocycles. The van der Waals surface area contributed by atoms with Crippen LogP contribution in [0.5, 0.6) is 0 Å². The van der Waals surface area contributed by atoms with Gasteiger partial charge < -0.3 is 9.47 Å². The SMILES string of the molecule is CC1(C)CC(OC(=O)C2CCC(C(=O)OC3CC(C)(C)N([O])C(C)(C)C3)CC2)CC(C)(C)N1[O]. The zero-order valence-electron chi connectivity index (χ0n) is 22.3. The molecule has 2 saturated heterocycles. The van der Waals surface area contributed by atoms with E-state index in [9.17, 15) is 20.0 Å². The summed E-state index contributed by atoms with van der Waals surface area (Å²) >= 11 is 0. The second-order valence-corrected chi connectivity index (χ2v) is 13.3. The molecule has 3 aliphatic rings. The summed E-state index contributed by atoms with van der Waals surface area (Å²) in [6, 6.07) is 0. The summed E-state index contributed by atoms with van der Waals surface area (Å²) in [7, 11) is 0. The van der Waals surface area contributed by atoms with E-state index in [0.717, 1.165) is 10.1 Å². The van der Waals surface area contributed by atoms with Gasteiger partial charge in [0, 0.05) is 47.8 Å². The molecule has 0 aromatic carbocycles. The number of ether oxygens (including phenoxy) is 2. The Hall–Kier alpha value is -1.22. The van der Waals surface area contributed by atoms with Gasteiger partial charge in [0.15, 0.2) is 0 Å². The average Bonchev–Trinajstić information content (AvgIpc) is 2.69. The van der Waals surface area contributed by atoms with E-state index in [2.05, 4.69) is 0 Å². The maximum Gasteiger partial charge on any atom is 0.309 e. The van der Waals surface area contributed by atoms with Crippen molar-refractivity contribution in [1.29, 1.82) is 0 Å². The number of esters is 2. The maximum absolute atomic E-state index is 12.9. The lowest BCUT2D eigenvalue weighted by Crippen LogP contribution is -2.60. The van der Waals surface area contributed by atoms with Crippen molar-refractivity contribution in [3.63, 3.8) is 0 Å². The van der Waals surface area contributed by atoms with Crippen molar-refractivity contribution in [2.75, 3.05) is 0 Å². The van der Waals surface area contributed by atoms with Crippen LogP contribution in [0.1, 0.15) is 107 Å². The molecule has 194 valence electrons. The summed E-state index contributed by atoms with van der Waals surface area (Å²) in [4.78, 5) is 25.7. The fourth-order valence-electron chi connectivity index (χ4n) is 6.60. The van der Waals surface area contributed by atoms with Gasteiger partial charge >= 0.3 is 11.9 Å². The third-order valence-electron chi connectivity index (χ3n) is 8.07. The zero-order valence-corrected chi connectivity index (χ0v) is 22.3. The summed E-state index contributed by atoms with van der Waals surface area (Å²) in [5, 5.41) is 27.4. The standard InChI is InChI=1S/C26H44N2O6/c1-23(2)13-19(14-24(3,4)27(23)31)33-21(29)17-9-11-18(12-10-17)22(30)34-20-15-25(5,6)28(32)26(7,8)16-20/h17-20H,9-16H2,1-8H3. The predicted molar refractivity (Wildman–Crippen MR) is 125 cm³/mol. The molecule has 0 spiro atoms. The van der Waals surface area contributed by atoms with Crippen molar-refractivity contribution in [1.82, 2.24) is 10.1 Å². The Morgan fingerprint density at radius 2 is 0.794 bits per heavy atom. The van der Waals surface area contributed by atoms with Gasteiger partial charge in [-0.1, -0.05) is 0 Å². The minimum absolute atomic E-state index is 0.214. The van der Waals surface area contributed by atoms with Crippen LogP contribution < -0.4 is 0 Å². The number of carbonyl (C=O) groups excluding carboxylic acids is 2. The lowest BCUT2D eigenvalue weighted by Gasteiger charge is -2.49. The van der Waals surface area contributed by atoms with Crippen molar-refractivity contribution < 1.29 is 29.5 Å². The van der Waals surface area contributed by atoms with Crippen molar-refractivity contribution in [2.45, 2.75) is 141 Å². The summed E-state index contributed by atoms with van der Waals surface area (Å²) < 4.78 is 11.7. The molecule has 2 heterocycles. The van der Waals surface area contributed by atoms with E-state index in [4.69, 9.17) is 9.47 Å². The van der Waals surface area contributed by atoms with Gasteiger partial charge in [0.2, 0.25) is 0 Å². The summed E-state index contributed by atoms with van der Waals surface area (Å²) in [6.07, 6.45) is 3.91. The van der Waals surface area contributed by atoms with Crippen molar-refractivity contribution in [3.8, 4) is 0 Å². The first-order chi connectivity index (χ1) is 15.4. The van der Waals surface area contributed by atoms with E-state index in [0.29, 0.717) is 51.4 Å². The number of carbonyl (C=O) groups is 2. The Balaban J connectivity index is 1.49. The lowest BCUT2D eigenvalue weighted by atomic mass is 9.79. The highest BCUT2D eigenvalue weighted by Crippen LogP contribution is 2.41. The Morgan fingerprint density at radius 1 is 0.559 bits per heavy atom. The summed E-state index contributed by atoms with van der Waals surface area (Å²) in [6.45, 7) is 15.1. The van der Waals surface area contributed by atoms with Gasteiger partial charge in [0.1, 0.15) is 12.2 Å². The van der Waals surface area contributed by atoms with Crippen LogP contribution >= 0.6 is 0 Å². The van der Waals surface area contributed by atoms with Crippen molar-refractivity contribution in [2.24, 2.45) is 11.8 Å². The number of piperidine rings is 2. The normalized spacial score (nSPS) is 32.2. The van der Waals surface area contributed by atoms with Crippen LogP contribution in [0.25, 0.3) is 0 Å². The second kappa shape index (κ2) is 9.34. The molecule has 0 aromatic heterocycles. The van der Waals surface area contributed by atoms with E-state index in [-0.39, 0.29) is 36.0 Å². The first kappa shape index (κ1) is 27.4. The molecule has 0 aromatic rings. The van der Waals surface area contributed by atoms with Crippen LogP contribution in [0.15, 0.2) is 0 Å². The van der Waals surface area contributed by atoms with Crippen LogP contribution in [0, 0.1) is 11.8 Å². The van der Waals surface area contributed by atoms with E-state index in [1.54, 1.807) is 0 Å². The third-order valence-corrected chi connectivity index (χ3v) is 8.07. The molecule has 34 heavy (non-hydrogen) atoms. The molecule has 3 fully saturated rings. The highest BCUT2D eigenvalue weighted by molar-refractivity contribution is 5.75. The summed E-state index contributed by atoms with van der Waals surface area (Å²) in [5.41, 5.74) is -2.34. The van der Waals surface area contributed by atoms with Gasteiger partial charge in [-0.05, 0) is 81.1 Å². The fraction of sp³-hybridized carbons (Fsp3) is 0.923. The van der Waals surface area contributed by atoms with E-state index in [1.165, 1.54) is 0 Å². The summed E-state index contributed by atoms with van der Waals surface area (Å²) in [5.74, 6) is -0.868. The molecule has 2 radical (unpaired) electrons. The Morgan fingerprint density at radius 3 is 1.03 bits per heavy atom. The molecule has 3 rings (SSSR count). The Bertz CT molecular complexity index is 669. The monoisotopic (exact) mass is 480 g/mol. The van der Waals surface area contributed by atoms with Gasteiger partial charge in [0.25, 0.3) is 0 Å². The molecule has 8 nitrogen and oxygen atoms in total. The van der Waals surface area contributed by atoms with Crippen LogP contribution in [-0.4, -0.2) is 56.4 Å². The molecule has 0 N–H and O–H groups in total. The van der Waals surface area contributed by atoms with Crippen LogP contribution in [0.4, 0.5) is 0 Å². The molecule has 0 unspecified atom stereocenters. The molecular formula is C26H44N2O6. The maximum atomic E-state index is 12.9. The van der Waals surface area contributed by atoms with Crippen molar-refractivity contribution >= 4 is 11.9 Å². The molecule has 0 atom stereocenters. The smallest absolute Gasteiger partial charge is 0.309 e. The molecular weight excluding hydrogens is 436 g/mol. The molecule has 8 heteroatoms. The largest absolute Gasteiger partial charge is 0.462 e. The van der Waals surface area contributed by atoms with Gasteiger partial charge in [-0.25, -0.2) is 0 Å². The lowest BCUT2D eigenvalue weighted by molar-refractivity contribution is -0.299. The van der Waals surface area contributed by atoms with Gasteiger partial charge in [-0.2, -0.15) is 0 Å². The first-order valence-corrected chi connectivity index (χ1v) is 12.8. The topological polar surface area (TPSA) is 98.9 Å². The van der Waals surface area contributed by atoms with Crippen LogP contribution in [0.2, 0.25) is 0 Å².